The average Bonchev–Trinajstić information content (AvgIpc) is 2.17. The van der Waals surface area contributed by atoms with E-state index in [1.165, 1.54) is 0 Å². The first kappa shape index (κ1) is 14.9. The summed E-state index contributed by atoms with van der Waals surface area (Å²) in [5.74, 6) is -4.02. The Morgan fingerprint density at radius 1 is 1.06 bits per heavy atom. The van der Waals surface area contributed by atoms with Crippen molar-refractivity contribution in [1.82, 2.24) is 0 Å². The standard InChI is InChI=1S/C10H18O6/c1-3-5-8(12)15-10(14,7-11)16-9(13)6-4-2/h11,14H,3-7H2,1-2H3. The Bertz CT molecular complexity index is 217. The summed E-state index contributed by atoms with van der Waals surface area (Å²) in [6, 6.07) is 0. The van der Waals surface area contributed by atoms with Crippen LogP contribution in [0.1, 0.15) is 39.5 Å². The molecule has 0 aliphatic heterocycles. The van der Waals surface area contributed by atoms with E-state index < -0.39 is 24.5 Å². The van der Waals surface area contributed by atoms with Crippen molar-refractivity contribution in [3.63, 3.8) is 0 Å². The zero-order valence-electron chi connectivity index (χ0n) is 9.56. The molecule has 0 aromatic rings. The first-order valence-electron chi connectivity index (χ1n) is 5.24. The van der Waals surface area contributed by atoms with Gasteiger partial charge in [0.15, 0.2) is 0 Å². The summed E-state index contributed by atoms with van der Waals surface area (Å²) in [5, 5.41) is 18.3. The van der Waals surface area contributed by atoms with Crippen LogP contribution in [0.15, 0.2) is 0 Å². The fraction of sp³-hybridized carbons (Fsp3) is 0.800. The molecular weight excluding hydrogens is 216 g/mol. The number of ether oxygens (including phenoxy) is 2. The van der Waals surface area contributed by atoms with Gasteiger partial charge in [0.05, 0.1) is 0 Å². The fourth-order valence-corrected chi connectivity index (χ4v) is 0.951. The monoisotopic (exact) mass is 234 g/mol. The smallest absolute Gasteiger partial charge is 0.396 e. The number of hydrogen-bond acceptors (Lipinski definition) is 6. The van der Waals surface area contributed by atoms with E-state index in [9.17, 15) is 14.7 Å². The lowest BCUT2D eigenvalue weighted by atomic mass is 10.3. The normalized spacial score (nSPS) is 11.0. The second-order valence-corrected chi connectivity index (χ2v) is 3.32. The Kier molecular flexibility index (Phi) is 6.67. The Balaban J connectivity index is 4.29. The molecule has 0 radical (unpaired) electrons. The quantitative estimate of drug-likeness (QED) is 0.486. The highest BCUT2D eigenvalue weighted by atomic mass is 16.8. The zero-order valence-corrected chi connectivity index (χ0v) is 9.56. The molecule has 0 fully saturated rings. The third-order valence-corrected chi connectivity index (χ3v) is 1.65. The Morgan fingerprint density at radius 2 is 1.44 bits per heavy atom. The number of aliphatic hydroxyl groups excluding tert-OH is 1. The summed E-state index contributed by atoms with van der Waals surface area (Å²) in [4.78, 5) is 22.1. The predicted octanol–water partition coefficient (Wildman–Crippen LogP) is 0.311. The van der Waals surface area contributed by atoms with Crippen molar-refractivity contribution in [1.29, 1.82) is 0 Å². The van der Waals surface area contributed by atoms with Crippen LogP contribution in [0.2, 0.25) is 0 Å². The van der Waals surface area contributed by atoms with Gasteiger partial charge in [-0.25, -0.2) is 0 Å². The molecule has 0 aliphatic rings. The van der Waals surface area contributed by atoms with Crippen molar-refractivity contribution in [2.24, 2.45) is 0 Å². The second kappa shape index (κ2) is 7.19. The van der Waals surface area contributed by atoms with Crippen LogP contribution in [0.4, 0.5) is 0 Å². The van der Waals surface area contributed by atoms with E-state index in [0.29, 0.717) is 12.8 Å². The third-order valence-electron chi connectivity index (χ3n) is 1.65. The van der Waals surface area contributed by atoms with Crippen molar-refractivity contribution in [3.05, 3.63) is 0 Å². The van der Waals surface area contributed by atoms with Gasteiger partial charge < -0.3 is 19.7 Å². The molecule has 0 spiro atoms. The van der Waals surface area contributed by atoms with Crippen LogP contribution >= 0.6 is 0 Å². The first-order chi connectivity index (χ1) is 7.47. The Labute approximate surface area is 94.2 Å². The molecule has 6 heteroatoms. The Morgan fingerprint density at radius 3 is 1.69 bits per heavy atom. The number of rotatable bonds is 7. The molecule has 0 aromatic heterocycles. The molecule has 0 aliphatic carbocycles. The summed E-state index contributed by atoms with van der Waals surface area (Å²) in [6.07, 6.45) is 1.22. The summed E-state index contributed by atoms with van der Waals surface area (Å²) in [7, 11) is 0. The van der Waals surface area contributed by atoms with Gasteiger partial charge in [-0.1, -0.05) is 13.8 Å². The van der Waals surface area contributed by atoms with Crippen LogP contribution in [0.5, 0.6) is 0 Å². The lowest BCUT2D eigenvalue weighted by Gasteiger charge is -2.24. The van der Waals surface area contributed by atoms with Gasteiger partial charge >= 0.3 is 17.9 Å². The maximum atomic E-state index is 11.1. The van der Waals surface area contributed by atoms with E-state index in [-0.39, 0.29) is 12.8 Å². The molecule has 94 valence electrons. The largest absolute Gasteiger partial charge is 0.398 e. The van der Waals surface area contributed by atoms with Gasteiger partial charge in [0.25, 0.3) is 0 Å². The van der Waals surface area contributed by atoms with Crippen molar-refractivity contribution in [2.75, 3.05) is 6.61 Å². The zero-order chi connectivity index (χ0) is 12.6. The van der Waals surface area contributed by atoms with Crippen molar-refractivity contribution in [3.8, 4) is 0 Å². The SMILES string of the molecule is CCCC(=O)OC(O)(CO)OC(=O)CCC. The van der Waals surface area contributed by atoms with Gasteiger partial charge in [-0.3, -0.25) is 9.59 Å². The van der Waals surface area contributed by atoms with Crippen LogP contribution in [0, 0.1) is 0 Å². The number of esters is 2. The minimum atomic E-state index is -2.56. The van der Waals surface area contributed by atoms with Crippen LogP contribution in [-0.4, -0.2) is 34.7 Å². The topological polar surface area (TPSA) is 93.1 Å². The van der Waals surface area contributed by atoms with Crippen LogP contribution in [0.3, 0.4) is 0 Å². The fourth-order valence-electron chi connectivity index (χ4n) is 0.951. The van der Waals surface area contributed by atoms with Crippen molar-refractivity contribution < 1.29 is 29.3 Å². The van der Waals surface area contributed by atoms with Gasteiger partial charge in [-0.2, -0.15) is 0 Å². The molecular formula is C10H18O6. The van der Waals surface area contributed by atoms with Crippen LogP contribution in [-0.2, 0) is 19.1 Å². The predicted molar refractivity (Wildman–Crippen MR) is 54.0 cm³/mol. The molecule has 0 saturated carbocycles. The summed E-state index contributed by atoms with van der Waals surface area (Å²) >= 11 is 0. The minimum Gasteiger partial charge on any atom is -0.396 e. The second-order valence-electron chi connectivity index (χ2n) is 3.32. The third kappa shape index (κ3) is 5.67. The molecule has 0 amide bonds. The highest BCUT2D eigenvalue weighted by molar-refractivity contribution is 5.71. The van der Waals surface area contributed by atoms with Gasteiger partial charge in [0.1, 0.15) is 6.61 Å². The first-order valence-corrected chi connectivity index (χ1v) is 5.24. The molecule has 0 heterocycles. The molecule has 0 saturated heterocycles. The number of carbonyl (C=O) groups excluding carboxylic acids is 2. The van der Waals surface area contributed by atoms with E-state index in [0.717, 1.165) is 0 Å². The molecule has 2 N–H and O–H groups in total. The molecule has 0 unspecified atom stereocenters. The molecule has 6 nitrogen and oxygen atoms in total. The molecule has 0 atom stereocenters. The number of aliphatic hydroxyl groups is 2. The van der Waals surface area contributed by atoms with Gasteiger partial charge in [-0.05, 0) is 12.8 Å². The van der Waals surface area contributed by atoms with E-state index in [2.05, 4.69) is 9.47 Å². The van der Waals surface area contributed by atoms with Gasteiger partial charge in [0, 0.05) is 12.8 Å². The lowest BCUT2D eigenvalue weighted by molar-refractivity contribution is -0.337. The van der Waals surface area contributed by atoms with E-state index in [4.69, 9.17) is 5.11 Å². The molecule has 0 rings (SSSR count). The van der Waals surface area contributed by atoms with Crippen molar-refractivity contribution >= 4 is 11.9 Å². The van der Waals surface area contributed by atoms with Crippen molar-refractivity contribution in [2.45, 2.75) is 45.5 Å². The van der Waals surface area contributed by atoms with Crippen LogP contribution < -0.4 is 0 Å². The van der Waals surface area contributed by atoms with E-state index in [1.807, 2.05) is 0 Å². The summed E-state index contributed by atoms with van der Waals surface area (Å²) in [6.45, 7) is 2.52. The number of carbonyl (C=O) groups is 2. The van der Waals surface area contributed by atoms with E-state index in [1.54, 1.807) is 13.8 Å². The summed E-state index contributed by atoms with van der Waals surface area (Å²) in [5.41, 5.74) is 0. The Hall–Kier alpha value is -1.14. The maximum absolute atomic E-state index is 11.1. The molecule has 0 aromatic carbocycles. The lowest BCUT2D eigenvalue weighted by Crippen LogP contribution is -2.43. The van der Waals surface area contributed by atoms with Crippen LogP contribution in [0.25, 0.3) is 0 Å². The maximum Gasteiger partial charge on any atom is 0.398 e. The minimum absolute atomic E-state index is 0.0770. The average molecular weight is 234 g/mol. The highest BCUT2D eigenvalue weighted by Gasteiger charge is 2.35. The summed E-state index contributed by atoms with van der Waals surface area (Å²) < 4.78 is 8.94. The highest BCUT2D eigenvalue weighted by Crippen LogP contribution is 2.12. The van der Waals surface area contributed by atoms with E-state index >= 15 is 0 Å². The van der Waals surface area contributed by atoms with Gasteiger partial charge in [-0.15, -0.1) is 0 Å². The molecule has 0 bridgehead atoms. The molecule has 16 heavy (non-hydrogen) atoms. The number of hydrogen-bond donors (Lipinski definition) is 2. The van der Waals surface area contributed by atoms with Gasteiger partial charge in [0.2, 0.25) is 0 Å².